The van der Waals surface area contributed by atoms with E-state index in [2.05, 4.69) is 5.10 Å². The monoisotopic (exact) mass is 314 g/mol. The number of methoxy groups -OCH3 is 1. The average Bonchev–Trinajstić information content (AvgIpc) is 2.48. The van der Waals surface area contributed by atoms with Crippen molar-refractivity contribution in [1.82, 2.24) is 9.78 Å². The van der Waals surface area contributed by atoms with Gasteiger partial charge in [-0.3, -0.25) is 4.79 Å². The fourth-order valence-corrected chi connectivity index (χ4v) is 1.80. The van der Waals surface area contributed by atoms with Crippen molar-refractivity contribution in [2.24, 2.45) is 0 Å². The van der Waals surface area contributed by atoms with Crippen LogP contribution in [-0.4, -0.2) is 23.5 Å². The minimum Gasteiger partial charge on any atom is -0.497 e. The molecular weight excluding hydrogens is 303 g/mol. The fraction of sp³-hybridized carbons (Fsp3) is 0.231. The molecule has 0 aliphatic carbocycles. The maximum Gasteiger partial charge on any atom is 0.287 e. The van der Waals surface area contributed by atoms with E-state index in [1.54, 1.807) is 31.4 Å². The highest BCUT2D eigenvalue weighted by Gasteiger charge is 2.07. The van der Waals surface area contributed by atoms with E-state index in [-0.39, 0.29) is 23.2 Å². The molecule has 7 heteroatoms. The Labute approximate surface area is 125 Å². The van der Waals surface area contributed by atoms with Gasteiger partial charge in [0.25, 0.3) is 5.56 Å². The van der Waals surface area contributed by atoms with E-state index in [4.69, 9.17) is 32.7 Å². The van der Waals surface area contributed by atoms with Crippen LogP contribution in [0.2, 0.25) is 10.0 Å². The van der Waals surface area contributed by atoms with Crippen molar-refractivity contribution in [3.63, 3.8) is 0 Å². The molecule has 0 fully saturated rings. The molecule has 1 aromatic carbocycles. The Morgan fingerprint density at radius 2 is 1.85 bits per heavy atom. The van der Waals surface area contributed by atoms with Crippen LogP contribution in [0, 0.1) is 0 Å². The predicted octanol–water partition coefficient (Wildman–Crippen LogP) is 2.64. The molecule has 0 radical (unpaired) electrons. The van der Waals surface area contributed by atoms with Gasteiger partial charge in [0.15, 0.2) is 0 Å². The summed E-state index contributed by atoms with van der Waals surface area (Å²) in [5, 5.41) is 3.99. The minimum atomic E-state index is -0.433. The van der Waals surface area contributed by atoms with Gasteiger partial charge in [-0.25, -0.2) is 4.68 Å². The van der Waals surface area contributed by atoms with Crippen LogP contribution in [0.4, 0.5) is 0 Å². The van der Waals surface area contributed by atoms with Gasteiger partial charge in [-0.05, 0) is 24.3 Å². The van der Waals surface area contributed by atoms with Crippen LogP contribution < -0.4 is 15.0 Å². The van der Waals surface area contributed by atoms with E-state index in [9.17, 15) is 4.79 Å². The normalized spacial score (nSPS) is 10.3. The third-order valence-corrected chi connectivity index (χ3v) is 3.32. The van der Waals surface area contributed by atoms with Gasteiger partial charge in [-0.1, -0.05) is 23.2 Å². The molecule has 0 aliphatic rings. The van der Waals surface area contributed by atoms with Gasteiger partial charge in [-0.15, -0.1) is 0 Å². The molecule has 0 spiro atoms. The molecule has 0 atom stereocenters. The van der Waals surface area contributed by atoms with Crippen LogP contribution in [0.1, 0.15) is 0 Å². The zero-order valence-corrected chi connectivity index (χ0v) is 12.2. The van der Waals surface area contributed by atoms with Crippen LogP contribution in [0.15, 0.2) is 35.3 Å². The first-order chi connectivity index (χ1) is 9.61. The van der Waals surface area contributed by atoms with Crippen molar-refractivity contribution in [3.05, 3.63) is 50.9 Å². The topological polar surface area (TPSA) is 53.4 Å². The second kappa shape index (κ2) is 6.63. The van der Waals surface area contributed by atoms with Crippen molar-refractivity contribution in [3.8, 4) is 11.5 Å². The lowest BCUT2D eigenvalue weighted by atomic mass is 10.3. The van der Waals surface area contributed by atoms with Gasteiger partial charge < -0.3 is 9.47 Å². The van der Waals surface area contributed by atoms with Gasteiger partial charge in [0.05, 0.1) is 24.9 Å². The van der Waals surface area contributed by atoms with Crippen molar-refractivity contribution >= 4 is 23.2 Å². The van der Waals surface area contributed by atoms with E-state index in [1.165, 1.54) is 10.9 Å². The predicted molar refractivity (Wildman–Crippen MR) is 77.0 cm³/mol. The molecule has 2 rings (SSSR count). The molecule has 0 bridgehead atoms. The Bertz CT molecular complexity index is 641. The van der Waals surface area contributed by atoms with E-state index in [0.717, 1.165) is 5.75 Å². The fourth-order valence-electron chi connectivity index (χ4n) is 1.53. The zero-order chi connectivity index (χ0) is 14.5. The summed E-state index contributed by atoms with van der Waals surface area (Å²) in [6, 6.07) is 7.14. The molecule has 2 aromatic rings. The highest BCUT2D eigenvalue weighted by atomic mass is 35.5. The first-order valence-electron chi connectivity index (χ1n) is 5.80. The molecular formula is C13H12Cl2N2O3. The first-order valence-corrected chi connectivity index (χ1v) is 6.55. The summed E-state index contributed by atoms with van der Waals surface area (Å²) in [5.74, 6) is 1.43. The van der Waals surface area contributed by atoms with Crippen LogP contribution in [-0.2, 0) is 6.54 Å². The molecule has 1 heterocycles. The average molecular weight is 315 g/mol. The summed E-state index contributed by atoms with van der Waals surface area (Å²) < 4.78 is 11.8. The number of nitrogens with zero attached hydrogens (tertiary/aromatic N) is 2. The van der Waals surface area contributed by atoms with E-state index < -0.39 is 5.56 Å². The smallest absolute Gasteiger partial charge is 0.287 e. The van der Waals surface area contributed by atoms with Crippen molar-refractivity contribution < 1.29 is 9.47 Å². The Balaban J connectivity index is 1.96. The number of rotatable bonds is 5. The lowest BCUT2D eigenvalue weighted by molar-refractivity contribution is 0.287. The molecule has 20 heavy (non-hydrogen) atoms. The molecule has 5 nitrogen and oxygen atoms in total. The third-order valence-electron chi connectivity index (χ3n) is 2.57. The van der Waals surface area contributed by atoms with Gasteiger partial charge >= 0.3 is 0 Å². The number of benzene rings is 1. The van der Waals surface area contributed by atoms with Gasteiger partial charge in [0, 0.05) is 0 Å². The minimum absolute atomic E-state index is 0.0360. The Hall–Kier alpha value is -1.72. The summed E-state index contributed by atoms with van der Waals surface area (Å²) in [7, 11) is 1.60. The molecule has 0 amide bonds. The van der Waals surface area contributed by atoms with E-state index in [1.807, 2.05) is 0 Å². The molecule has 1 aromatic heterocycles. The van der Waals surface area contributed by atoms with Crippen molar-refractivity contribution in [1.29, 1.82) is 0 Å². The van der Waals surface area contributed by atoms with Crippen LogP contribution in [0.5, 0.6) is 11.5 Å². The molecule has 0 aliphatic heterocycles. The molecule has 0 unspecified atom stereocenters. The molecule has 0 N–H and O–H groups in total. The number of hydrogen-bond donors (Lipinski definition) is 0. The van der Waals surface area contributed by atoms with Gasteiger partial charge in [0.1, 0.15) is 23.1 Å². The second-order valence-electron chi connectivity index (χ2n) is 3.86. The SMILES string of the molecule is COc1ccc(OCCn2ncc(Cl)c(Cl)c2=O)cc1. The van der Waals surface area contributed by atoms with E-state index >= 15 is 0 Å². The summed E-state index contributed by atoms with van der Waals surface area (Å²) in [6.45, 7) is 0.568. The third kappa shape index (κ3) is 3.43. The van der Waals surface area contributed by atoms with Crippen LogP contribution in [0.3, 0.4) is 0 Å². The standard InChI is InChI=1S/C13H12Cl2N2O3/c1-19-9-2-4-10(5-3-9)20-7-6-17-13(18)12(15)11(14)8-16-17/h2-5,8H,6-7H2,1H3. The molecule has 106 valence electrons. The number of halogens is 2. The number of ether oxygens (including phenoxy) is 2. The lowest BCUT2D eigenvalue weighted by Crippen LogP contribution is -2.25. The molecule has 0 saturated carbocycles. The summed E-state index contributed by atoms with van der Waals surface area (Å²) in [4.78, 5) is 11.7. The van der Waals surface area contributed by atoms with Crippen molar-refractivity contribution in [2.75, 3.05) is 13.7 Å². The van der Waals surface area contributed by atoms with Crippen LogP contribution >= 0.6 is 23.2 Å². The van der Waals surface area contributed by atoms with E-state index in [0.29, 0.717) is 5.75 Å². The van der Waals surface area contributed by atoms with Gasteiger partial charge in [0.2, 0.25) is 0 Å². The number of hydrogen-bond acceptors (Lipinski definition) is 4. The summed E-state index contributed by atoms with van der Waals surface area (Å²) >= 11 is 11.4. The van der Waals surface area contributed by atoms with Gasteiger partial charge in [-0.2, -0.15) is 5.10 Å². The first kappa shape index (κ1) is 14.7. The number of aromatic nitrogens is 2. The zero-order valence-electron chi connectivity index (χ0n) is 10.7. The Morgan fingerprint density at radius 3 is 2.50 bits per heavy atom. The Kier molecular flexibility index (Phi) is 4.87. The maximum atomic E-state index is 11.7. The largest absolute Gasteiger partial charge is 0.497 e. The Morgan fingerprint density at radius 1 is 1.20 bits per heavy atom. The second-order valence-corrected chi connectivity index (χ2v) is 4.64. The summed E-state index contributed by atoms with van der Waals surface area (Å²) in [6.07, 6.45) is 1.33. The summed E-state index contributed by atoms with van der Waals surface area (Å²) in [5.41, 5.74) is -0.433. The quantitative estimate of drug-likeness (QED) is 0.851. The maximum absolute atomic E-state index is 11.7. The van der Waals surface area contributed by atoms with Crippen molar-refractivity contribution in [2.45, 2.75) is 6.54 Å². The van der Waals surface area contributed by atoms with Crippen LogP contribution in [0.25, 0.3) is 0 Å². The highest BCUT2D eigenvalue weighted by Crippen LogP contribution is 2.17. The molecule has 0 saturated heterocycles. The lowest BCUT2D eigenvalue weighted by Gasteiger charge is -2.08. The highest BCUT2D eigenvalue weighted by molar-refractivity contribution is 6.41.